The van der Waals surface area contributed by atoms with Crippen molar-refractivity contribution in [3.05, 3.63) is 28.3 Å². The number of hydrogen-bond acceptors (Lipinski definition) is 6. The van der Waals surface area contributed by atoms with Crippen LogP contribution in [0.5, 0.6) is 5.75 Å². The number of nitrogens with zero attached hydrogens (tertiary/aromatic N) is 2. The molecule has 1 aromatic rings. The van der Waals surface area contributed by atoms with Gasteiger partial charge in [0.2, 0.25) is 5.75 Å². The molecule has 2 atom stereocenters. The van der Waals surface area contributed by atoms with Crippen molar-refractivity contribution in [1.29, 1.82) is 0 Å². The molecule has 122 valence electrons. The third-order valence-electron chi connectivity index (χ3n) is 3.66. The summed E-state index contributed by atoms with van der Waals surface area (Å²) >= 11 is 0. The summed E-state index contributed by atoms with van der Waals surface area (Å²) in [6, 6.07) is 3.39. The van der Waals surface area contributed by atoms with Crippen LogP contribution >= 0.6 is 0 Å². The maximum Gasteiger partial charge on any atom is 0.387 e. The van der Waals surface area contributed by atoms with Gasteiger partial charge >= 0.3 is 12.3 Å². The number of anilines is 1. The zero-order valence-corrected chi connectivity index (χ0v) is 11.6. The topological polar surface area (TPSA) is 96.1 Å². The molecule has 2 N–H and O–H groups in total. The average Bonchev–Trinajstić information content (AvgIpc) is 2.89. The van der Waals surface area contributed by atoms with Crippen LogP contribution in [0.4, 0.5) is 20.2 Å². The number of aliphatic hydroxyl groups is 2. The van der Waals surface area contributed by atoms with E-state index in [0.29, 0.717) is 18.7 Å². The predicted octanol–water partition coefficient (Wildman–Crippen LogP) is 1.38. The highest BCUT2D eigenvalue weighted by Crippen LogP contribution is 2.36. The van der Waals surface area contributed by atoms with Crippen molar-refractivity contribution in [2.24, 2.45) is 5.92 Å². The lowest BCUT2D eigenvalue weighted by atomic mass is 10.1. The molecule has 1 fully saturated rings. The predicted molar refractivity (Wildman–Crippen MR) is 73.1 cm³/mol. The van der Waals surface area contributed by atoms with E-state index in [2.05, 4.69) is 4.74 Å². The van der Waals surface area contributed by atoms with Gasteiger partial charge in [0.1, 0.15) is 0 Å². The Labute approximate surface area is 124 Å². The lowest BCUT2D eigenvalue weighted by Crippen LogP contribution is -2.32. The molecule has 0 amide bonds. The van der Waals surface area contributed by atoms with Gasteiger partial charge in [-0.05, 0) is 12.5 Å². The second kappa shape index (κ2) is 6.84. The summed E-state index contributed by atoms with van der Waals surface area (Å²) in [7, 11) is 0. The van der Waals surface area contributed by atoms with Crippen LogP contribution in [-0.2, 0) is 0 Å². The summed E-state index contributed by atoms with van der Waals surface area (Å²) < 4.78 is 29.0. The van der Waals surface area contributed by atoms with E-state index in [-0.39, 0.29) is 25.2 Å². The molecular formula is C13H16F2N2O5. The number of nitro groups is 1. The molecule has 0 spiro atoms. The Morgan fingerprint density at radius 3 is 2.68 bits per heavy atom. The fourth-order valence-corrected chi connectivity index (χ4v) is 2.66. The van der Waals surface area contributed by atoms with Crippen LogP contribution in [0.15, 0.2) is 18.2 Å². The number of rotatable bonds is 6. The van der Waals surface area contributed by atoms with Crippen LogP contribution in [-0.4, -0.2) is 47.5 Å². The molecule has 1 aliphatic heterocycles. The third kappa shape index (κ3) is 3.42. The standard InChI is InChI=1S/C13H16F2N2O5/c14-13(15)22-12-4-9(1-2-11(12)17(20)21)16-5-8(6-18)3-10(16)7-19/h1-2,4,8,10,13,18-19H,3,5-7H2. The van der Waals surface area contributed by atoms with E-state index in [9.17, 15) is 29.1 Å². The van der Waals surface area contributed by atoms with Crippen LogP contribution in [0.1, 0.15) is 6.42 Å². The van der Waals surface area contributed by atoms with E-state index in [0.717, 1.165) is 12.1 Å². The minimum absolute atomic E-state index is 0.0493. The minimum Gasteiger partial charge on any atom is -0.427 e. The molecule has 1 aromatic carbocycles. The Bertz CT molecular complexity index is 543. The lowest BCUT2D eigenvalue weighted by Gasteiger charge is -2.25. The second-order valence-corrected chi connectivity index (χ2v) is 5.06. The summed E-state index contributed by atoms with van der Waals surface area (Å²) in [5, 5.41) is 29.4. The quantitative estimate of drug-likeness (QED) is 0.607. The Balaban J connectivity index is 2.33. The van der Waals surface area contributed by atoms with Crippen LogP contribution in [0.2, 0.25) is 0 Å². The number of alkyl halides is 2. The molecular weight excluding hydrogens is 302 g/mol. The highest BCUT2D eigenvalue weighted by molar-refractivity contribution is 5.60. The van der Waals surface area contributed by atoms with Gasteiger partial charge in [-0.1, -0.05) is 0 Å². The molecule has 0 saturated carbocycles. The fourth-order valence-electron chi connectivity index (χ4n) is 2.66. The smallest absolute Gasteiger partial charge is 0.387 e. The van der Waals surface area contributed by atoms with Crippen molar-refractivity contribution in [2.45, 2.75) is 19.1 Å². The van der Waals surface area contributed by atoms with Gasteiger partial charge in [-0.25, -0.2) is 0 Å². The lowest BCUT2D eigenvalue weighted by molar-refractivity contribution is -0.386. The van der Waals surface area contributed by atoms with Gasteiger partial charge in [0, 0.05) is 36.9 Å². The maximum absolute atomic E-state index is 12.4. The van der Waals surface area contributed by atoms with E-state index in [1.54, 1.807) is 4.90 Å². The van der Waals surface area contributed by atoms with E-state index in [1.165, 1.54) is 6.07 Å². The molecule has 1 saturated heterocycles. The average molecular weight is 318 g/mol. The molecule has 1 heterocycles. The van der Waals surface area contributed by atoms with Crippen molar-refractivity contribution in [2.75, 3.05) is 24.7 Å². The SMILES string of the molecule is O=[N+]([O-])c1ccc(N2CC(CO)CC2CO)cc1OC(F)F. The Morgan fingerprint density at radius 2 is 2.14 bits per heavy atom. The van der Waals surface area contributed by atoms with Crippen molar-refractivity contribution in [3.8, 4) is 5.75 Å². The summed E-state index contributed by atoms with van der Waals surface area (Å²) in [6.07, 6.45) is 0.551. The first-order valence-corrected chi connectivity index (χ1v) is 6.67. The first-order chi connectivity index (χ1) is 10.5. The second-order valence-electron chi connectivity index (χ2n) is 5.06. The monoisotopic (exact) mass is 318 g/mol. The van der Waals surface area contributed by atoms with Crippen LogP contribution in [0.3, 0.4) is 0 Å². The van der Waals surface area contributed by atoms with Gasteiger partial charge in [-0.15, -0.1) is 0 Å². The number of ether oxygens (including phenoxy) is 1. The first-order valence-electron chi connectivity index (χ1n) is 6.67. The van der Waals surface area contributed by atoms with Crippen molar-refractivity contribution in [3.63, 3.8) is 0 Å². The summed E-state index contributed by atoms with van der Waals surface area (Å²) in [4.78, 5) is 11.8. The normalized spacial score (nSPS) is 21.4. The van der Waals surface area contributed by atoms with Gasteiger partial charge in [0.15, 0.2) is 0 Å². The Hall–Kier alpha value is -2.00. The van der Waals surface area contributed by atoms with Crippen LogP contribution in [0.25, 0.3) is 0 Å². The van der Waals surface area contributed by atoms with E-state index in [4.69, 9.17) is 0 Å². The number of nitro benzene ring substituents is 1. The molecule has 2 unspecified atom stereocenters. The minimum atomic E-state index is -3.17. The summed E-state index contributed by atoms with van der Waals surface area (Å²) in [5.74, 6) is -0.576. The Morgan fingerprint density at radius 1 is 1.41 bits per heavy atom. The van der Waals surface area contributed by atoms with E-state index in [1.807, 2.05) is 0 Å². The molecule has 1 aliphatic rings. The van der Waals surface area contributed by atoms with Gasteiger partial charge in [-0.2, -0.15) is 8.78 Å². The number of halogens is 2. The van der Waals surface area contributed by atoms with Crippen LogP contribution in [0, 0.1) is 16.0 Å². The van der Waals surface area contributed by atoms with Gasteiger partial charge in [0.05, 0.1) is 17.6 Å². The molecule has 7 nitrogen and oxygen atoms in total. The first kappa shape index (κ1) is 16.4. The highest BCUT2D eigenvalue weighted by Gasteiger charge is 2.32. The molecule has 9 heteroatoms. The molecule has 0 aliphatic carbocycles. The van der Waals surface area contributed by atoms with E-state index >= 15 is 0 Å². The van der Waals surface area contributed by atoms with Gasteiger partial charge in [-0.3, -0.25) is 10.1 Å². The van der Waals surface area contributed by atoms with Crippen molar-refractivity contribution < 1.29 is 28.7 Å². The third-order valence-corrected chi connectivity index (χ3v) is 3.66. The van der Waals surface area contributed by atoms with Crippen molar-refractivity contribution >= 4 is 11.4 Å². The zero-order chi connectivity index (χ0) is 16.3. The molecule has 0 bridgehead atoms. The summed E-state index contributed by atoms with van der Waals surface area (Å²) in [6.45, 7) is -2.97. The molecule has 2 rings (SSSR count). The van der Waals surface area contributed by atoms with E-state index < -0.39 is 23.0 Å². The van der Waals surface area contributed by atoms with Gasteiger partial charge in [0.25, 0.3) is 0 Å². The molecule has 22 heavy (non-hydrogen) atoms. The Kier molecular flexibility index (Phi) is 5.09. The molecule has 0 radical (unpaired) electrons. The molecule has 0 aromatic heterocycles. The zero-order valence-electron chi connectivity index (χ0n) is 11.6. The fraction of sp³-hybridized carbons (Fsp3) is 0.538. The highest BCUT2D eigenvalue weighted by atomic mass is 19.3. The number of hydrogen-bond donors (Lipinski definition) is 2. The van der Waals surface area contributed by atoms with Crippen LogP contribution < -0.4 is 9.64 Å². The maximum atomic E-state index is 12.4. The largest absolute Gasteiger partial charge is 0.427 e. The van der Waals surface area contributed by atoms with Gasteiger partial charge < -0.3 is 19.8 Å². The van der Waals surface area contributed by atoms with Crippen molar-refractivity contribution in [1.82, 2.24) is 0 Å². The number of benzene rings is 1. The summed E-state index contributed by atoms with van der Waals surface area (Å²) in [5.41, 5.74) is -0.126. The number of aliphatic hydroxyl groups excluding tert-OH is 2.